The third-order valence-electron chi connectivity index (χ3n) is 1.42. The van der Waals surface area contributed by atoms with Gasteiger partial charge in [0.2, 0.25) is 0 Å². The molecule has 1 N–H and O–H groups in total. The number of ether oxygens (including phenoxy) is 1. The van der Waals surface area contributed by atoms with Gasteiger partial charge < -0.3 is 4.74 Å². The summed E-state index contributed by atoms with van der Waals surface area (Å²) in [6, 6.07) is 0. The fourth-order valence-corrected chi connectivity index (χ4v) is 1.20. The Labute approximate surface area is 67.3 Å². The highest BCUT2D eigenvalue weighted by atomic mass is 32.2. The van der Waals surface area contributed by atoms with Crippen LogP contribution in [0.4, 0.5) is 0 Å². The highest BCUT2D eigenvalue weighted by molar-refractivity contribution is 7.85. The lowest BCUT2D eigenvalue weighted by Gasteiger charge is -2.06. The van der Waals surface area contributed by atoms with E-state index in [1.807, 2.05) is 6.92 Å². The van der Waals surface area contributed by atoms with Crippen LogP contribution in [0.2, 0.25) is 0 Å². The van der Waals surface area contributed by atoms with Crippen molar-refractivity contribution in [2.24, 2.45) is 0 Å². The van der Waals surface area contributed by atoms with Gasteiger partial charge in [0.05, 0.1) is 11.9 Å². The average molecular weight is 182 g/mol. The molecule has 11 heavy (non-hydrogen) atoms. The molecule has 0 heterocycles. The van der Waals surface area contributed by atoms with E-state index in [1.165, 1.54) is 0 Å². The molecule has 1 atom stereocenters. The number of hydrogen-bond donors (Lipinski definition) is 1. The summed E-state index contributed by atoms with van der Waals surface area (Å²) in [6.45, 7) is 1.85. The summed E-state index contributed by atoms with van der Waals surface area (Å²) >= 11 is 0. The lowest BCUT2D eigenvalue weighted by molar-refractivity contribution is 0.110. The minimum absolute atomic E-state index is 0.0525. The summed E-state index contributed by atoms with van der Waals surface area (Å²) in [7, 11) is -2.22. The van der Waals surface area contributed by atoms with E-state index in [-0.39, 0.29) is 11.9 Å². The van der Waals surface area contributed by atoms with Crippen molar-refractivity contribution >= 4 is 10.1 Å². The predicted octanol–water partition coefficient (Wildman–Crippen LogP) is 0.689. The molecular formula is C6H14O4S. The van der Waals surface area contributed by atoms with Crippen LogP contribution in [-0.2, 0) is 14.9 Å². The Morgan fingerprint density at radius 1 is 1.55 bits per heavy atom. The van der Waals surface area contributed by atoms with E-state index in [0.29, 0.717) is 12.8 Å². The first-order chi connectivity index (χ1) is 4.95. The van der Waals surface area contributed by atoms with Crippen molar-refractivity contribution in [1.82, 2.24) is 0 Å². The van der Waals surface area contributed by atoms with Gasteiger partial charge in [0.15, 0.2) is 0 Å². The Morgan fingerprint density at radius 3 is 2.45 bits per heavy atom. The standard InChI is InChI=1S/C6H14O4S/c1-6(10-2)4-3-5-11(7,8)9/h6H,3-5H2,1-2H3,(H,7,8,9). The summed E-state index contributed by atoms with van der Waals surface area (Å²) in [6.07, 6.45) is 1.14. The van der Waals surface area contributed by atoms with Gasteiger partial charge in [0, 0.05) is 7.11 Å². The van der Waals surface area contributed by atoms with Crippen molar-refractivity contribution in [3.05, 3.63) is 0 Å². The molecule has 0 rings (SSSR count). The molecular weight excluding hydrogens is 168 g/mol. The Hall–Kier alpha value is -0.130. The summed E-state index contributed by atoms with van der Waals surface area (Å²) < 4.78 is 33.7. The van der Waals surface area contributed by atoms with Crippen molar-refractivity contribution in [3.63, 3.8) is 0 Å². The van der Waals surface area contributed by atoms with Gasteiger partial charge in [0.25, 0.3) is 10.1 Å². The van der Waals surface area contributed by atoms with Crippen molar-refractivity contribution in [1.29, 1.82) is 0 Å². The van der Waals surface area contributed by atoms with Gasteiger partial charge >= 0.3 is 0 Å². The topological polar surface area (TPSA) is 63.6 Å². The van der Waals surface area contributed by atoms with E-state index in [4.69, 9.17) is 9.29 Å². The summed E-state index contributed by atoms with van der Waals surface area (Å²) in [5, 5.41) is 0. The summed E-state index contributed by atoms with van der Waals surface area (Å²) in [5.41, 5.74) is 0. The van der Waals surface area contributed by atoms with E-state index in [9.17, 15) is 8.42 Å². The van der Waals surface area contributed by atoms with E-state index < -0.39 is 10.1 Å². The zero-order valence-electron chi connectivity index (χ0n) is 6.78. The van der Waals surface area contributed by atoms with Crippen LogP contribution in [0.3, 0.4) is 0 Å². The molecule has 0 aliphatic rings. The molecule has 0 aromatic rings. The lowest BCUT2D eigenvalue weighted by atomic mass is 10.2. The fraction of sp³-hybridized carbons (Fsp3) is 1.00. The predicted molar refractivity (Wildman–Crippen MR) is 42.1 cm³/mol. The Balaban J connectivity index is 3.43. The van der Waals surface area contributed by atoms with Gasteiger partial charge in [-0.1, -0.05) is 0 Å². The molecule has 0 amide bonds. The van der Waals surface area contributed by atoms with Crippen LogP contribution in [-0.4, -0.2) is 31.9 Å². The maximum atomic E-state index is 10.2. The number of rotatable bonds is 5. The van der Waals surface area contributed by atoms with E-state index in [1.54, 1.807) is 7.11 Å². The van der Waals surface area contributed by atoms with E-state index in [2.05, 4.69) is 0 Å². The largest absolute Gasteiger partial charge is 0.382 e. The summed E-state index contributed by atoms with van der Waals surface area (Å²) in [4.78, 5) is 0. The highest BCUT2D eigenvalue weighted by Crippen LogP contribution is 2.01. The van der Waals surface area contributed by atoms with Gasteiger partial charge in [-0.25, -0.2) is 0 Å². The van der Waals surface area contributed by atoms with Gasteiger partial charge in [-0.2, -0.15) is 8.42 Å². The second-order valence-corrected chi connectivity index (χ2v) is 4.05. The first-order valence-electron chi connectivity index (χ1n) is 3.43. The maximum Gasteiger partial charge on any atom is 0.264 e. The van der Waals surface area contributed by atoms with Gasteiger partial charge in [-0.05, 0) is 19.8 Å². The monoisotopic (exact) mass is 182 g/mol. The molecule has 0 bridgehead atoms. The van der Waals surface area contributed by atoms with Crippen molar-refractivity contribution in [3.8, 4) is 0 Å². The van der Waals surface area contributed by atoms with E-state index >= 15 is 0 Å². The minimum Gasteiger partial charge on any atom is -0.382 e. The van der Waals surface area contributed by atoms with Crippen LogP contribution < -0.4 is 0 Å². The van der Waals surface area contributed by atoms with Crippen molar-refractivity contribution < 1.29 is 17.7 Å². The molecule has 68 valence electrons. The lowest BCUT2D eigenvalue weighted by Crippen LogP contribution is -2.09. The van der Waals surface area contributed by atoms with Crippen LogP contribution >= 0.6 is 0 Å². The molecule has 0 radical (unpaired) electrons. The third-order valence-corrected chi connectivity index (χ3v) is 2.22. The highest BCUT2D eigenvalue weighted by Gasteiger charge is 2.05. The fourth-order valence-electron chi connectivity index (χ4n) is 0.671. The molecule has 0 aromatic heterocycles. The minimum atomic E-state index is -3.78. The SMILES string of the molecule is COC(C)CCCS(=O)(=O)O. The number of methoxy groups -OCH3 is 1. The van der Waals surface area contributed by atoms with Gasteiger partial charge in [0.1, 0.15) is 0 Å². The van der Waals surface area contributed by atoms with Crippen LogP contribution in [0.1, 0.15) is 19.8 Å². The van der Waals surface area contributed by atoms with Crippen molar-refractivity contribution in [2.45, 2.75) is 25.9 Å². The molecule has 0 saturated heterocycles. The third kappa shape index (κ3) is 7.77. The van der Waals surface area contributed by atoms with Crippen molar-refractivity contribution in [2.75, 3.05) is 12.9 Å². The Bertz CT molecular complexity index is 185. The molecule has 5 heteroatoms. The smallest absolute Gasteiger partial charge is 0.264 e. The molecule has 0 fully saturated rings. The molecule has 0 aromatic carbocycles. The number of hydrogen-bond acceptors (Lipinski definition) is 3. The van der Waals surface area contributed by atoms with Crippen LogP contribution in [0.5, 0.6) is 0 Å². The van der Waals surface area contributed by atoms with Crippen LogP contribution in [0, 0.1) is 0 Å². The maximum absolute atomic E-state index is 10.2. The Morgan fingerprint density at radius 2 is 2.09 bits per heavy atom. The molecule has 0 aliphatic heterocycles. The van der Waals surface area contributed by atoms with Crippen LogP contribution in [0.25, 0.3) is 0 Å². The normalized spacial score (nSPS) is 14.8. The van der Waals surface area contributed by atoms with E-state index in [0.717, 1.165) is 0 Å². The van der Waals surface area contributed by atoms with Gasteiger partial charge in [-0.3, -0.25) is 4.55 Å². The molecule has 0 spiro atoms. The van der Waals surface area contributed by atoms with Gasteiger partial charge in [-0.15, -0.1) is 0 Å². The zero-order valence-corrected chi connectivity index (χ0v) is 7.60. The Kier molecular flexibility index (Phi) is 4.63. The zero-order chi connectivity index (χ0) is 8.91. The van der Waals surface area contributed by atoms with Crippen LogP contribution in [0.15, 0.2) is 0 Å². The molecule has 0 aliphatic carbocycles. The summed E-state index contributed by atoms with van der Waals surface area (Å²) in [5.74, 6) is -0.180. The average Bonchev–Trinajstić information content (AvgIpc) is 1.85. The quantitative estimate of drug-likeness (QED) is 0.635. The second kappa shape index (κ2) is 4.69. The molecule has 0 saturated carbocycles. The second-order valence-electron chi connectivity index (χ2n) is 2.47. The first-order valence-corrected chi connectivity index (χ1v) is 5.04. The molecule has 1 unspecified atom stereocenters. The molecule has 4 nitrogen and oxygen atoms in total. The first kappa shape index (κ1) is 10.9.